The van der Waals surface area contributed by atoms with Crippen LogP contribution in [-0.4, -0.2) is 68.9 Å². The van der Waals surface area contributed by atoms with Crippen molar-refractivity contribution in [2.75, 3.05) is 20.8 Å². The molecule has 0 aromatic heterocycles. The van der Waals surface area contributed by atoms with Crippen LogP contribution in [0.15, 0.2) is 22.0 Å². The predicted octanol–water partition coefficient (Wildman–Crippen LogP) is 8.23. The van der Waals surface area contributed by atoms with Gasteiger partial charge < -0.3 is 23.0 Å². The zero-order valence-electron chi connectivity index (χ0n) is 29.0. The van der Waals surface area contributed by atoms with Gasteiger partial charge in [-0.3, -0.25) is 0 Å². The number of fused-ring (bicyclic) bond motifs is 5. The van der Waals surface area contributed by atoms with Crippen LogP contribution < -0.4 is 0 Å². The van der Waals surface area contributed by atoms with Crippen molar-refractivity contribution in [3.63, 3.8) is 0 Å². The van der Waals surface area contributed by atoms with Gasteiger partial charge in [0.15, 0.2) is 25.0 Å². The normalized spacial score (nSPS) is 38.5. The first-order chi connectivity index (χ1) is 19.3. The quantitative estimate of drug-likeness (QED) is 0.137. The van der Waals surface area contributed by atoms with Crippen molar-refractivity contribution in [2.45, 2.75) is 129 Å². The van der Waals surface area contributed by atoms with Gasteiger partial charge in [0.05, 0.1) is 12.3 Å². The Morgan fingerprint density at radius 2 is 1.57 bits per heavy atom. The van der Waals surface area contributed by atoms with E-state index in [1.165, 1.54) is 6.42 Å². The summed E-state index contributed by atoms with van der Waals surface area (Å²) in [5.74, 6) is 1.58. The zero-order valence-corrected chi connectivity index (χ0v) is 32.0. The van der Waals surface area contributed by atoms with Gasteiger partial charge in [-0.1, -0.05) is 29.7 Å². The molecule has 7 nitrogen and oxygen atoms in total. The van der Waals surface area contributed by atoms with Gasteiger partial charge in [-0.2, -0.15) is 0 Å². The zero-order chi connectivity index (χ0) is 31.4. The lowest BCUT2D eigenvalue weighted by Gasteiger charge is -2.63. The highest BCUT2D eigenvalue weighted by Gasteiger charge is 2.69. The third-order valence-corrected chi connectivity index (χ3v) is 13.5. The van der Waals surface area contributed by atoms with E-state index in [0.29, 0.717) is 24.4 Å². The Bertz CT molecular complexity index is 1090. The maximum atomic E-state index is 7.45. The molecule has 0 spiro atoms. The maximum absolute atomic E-state index is 7.45. The molecule has 0 aromatic carbocycles. The van der Waals surface area contributed by atoms with Crippen molar-refractivity contribution in [1.29, 1.82) is 0 Å². The van der Waals surface area contributed by atoms with Gasteiger partial charge in [-0.15, -0.1) is 0 Å². The van der Waals surface area contributed by atoms with Crippen LogP contribution in [0.25, 0.3) is 0 Å². The molecule has 0 unspecified atom stereocenters. The number of nitrogens with zero attached hydrogens (tertiary/aromatic N) is 2. The summed E-state index contributed by atoms with van der Waals surface area (Å²) < 4.78 is 21.3. The summed E-state index contributed by atoms with van der Waals surface area (Å²) in [5.41, 5.74) is 3.03. The van der Waals surface area contributed by atoms with Crippen molar-refractivity contribution >= 4 is 36.4 Å². The number of hydrogen-bond donors (Lipinski definition) is 0. The molecular weight excluding hydrogens is 577 g/mol. The first-order valence-corrected chi connectivity index (χ1v) is 26.4. The van der Waals surface area contributed by atoms with Gasteiger partial charge in [0.2, 0.25) is 0 Å². The Kier molecular flexibility index (Phi) is 9.62. The van der Waals surface area contributed by atoms with Crippen LogP contribution in [-0.2, 0) is 23.0 Å². The number of oxime groups is 2. The molecule has 10 heteroatoms. The summed E-state index contributed by atoms with van der Waals surface area (Å²) in [5, 5.41) is 9.10. The van der Waals surface area contributed by atoms with E-state index in [9.17, 15) is 0 Å². The van der Waals surface area contributed by atoms with Crippen LogP contribution in [0.1, 0.15) is 58.8 Å². The summed E-state index contributed by atoms with van der Waals surface area (Å²) in [6.07, 6.45) is 9.97. The molecule has 0 heterocycles. The predicted molar refractivity (Wildman–Crippen MR) is 181 cm³/mol. The summed E-state index contributed by atoms with van der Waals surface area (Å²) in [7, 11) is -2.34. The molecule has 0 bridgehead atoms. The lowest BCUT2D eigenvalue weighted by atomic mass is 9.45. The Morgan fingerprint density at radius 3 is 2.14 bits per heavy atom. The SMILES string of the molecule is CO/N=C1\C=C2CC[C@@H]3[C@H]([C@@H](O[Si](C)(C)C)C[C@@]4(C)[C@H]3CC[C@]4(O[Si](C)(C)C)/C(CO[Si](C)(C)C)=N\OC)[C@@]2(C)CC1. The van der Waals surface area contributed by atoms with Gasteiger partial charge in [-0.05, 0) is 133 Å². The molecule has 3 fully saturated rings. The van der Waals surface area contributed by atoms with Gasteiger partial charge in [0, 0.05) is 11.5 Å². The standard InChI is InChI=1S/C32H60N2O5Si3/c1-30-18-16-24(33-35-3)20-23(30)14-15-25-26-17-19-32(39-42(11,12)13,28(34-36-4)22-37-40(5,6)7)31(26,2)21-27(29(25)30)38-41(8,9)10/h20,25-27,29H,14-19,21-22H2,1-13H3/b33-24-,34-28-/t25-,26-,27-,29+,30-,31-,32-/m0/s1. The van der Waals surface area contributed by atoms with E-state index in [0.717, 1.165) is 49.9 Å². The van der Waals surface area contributed by atoms with Gasteiger partial charge in [-0.25, -0.2) is 0 Å². The topological polar surface area (TPSA) is 70.9 Å². The number of hydrogen-bond acceptors (Lipinski definition) is 7. The van der Waals surface area contributed by atoms with Crippen molar-refractivity contribution < 1.29 is 23.0 Å². The first kappa shape index (κ1) is 34.1. The molecule has 3 saturated carbocycles. The Hall–Kier alpha value is -0.789. The average molecular weight is 637 g/mol. The Balaban J connectivity index is 1.85. The van der Waals surface area contributed by atoms with Crippen LogP contribution in [0.2, 0.25) is 58.9 Å². The molecule has 4 rings (SSSR count). The molecule has 0 N–H and O–H groups in total. The first-order valence-electron chi connectivity index (χ1n) is 16.2. The number of rotatable bonds is 10. The van der Waals surface area contributed by atoms with Gasteiger partial charge in [0.1, 0.15) is 25.5 Å². The molecule has 0 aromatic rings. The van der Waals surface area contributed by atoms with Crippen molar-refractivity contribution in [3.05, 3.63) is 11.6 Å². The van der Waals surface area contributed by atoms with Crippen molar-refractivity contribution in [3.8, 4) is 0 Å². The fraction of sp³-hybridized carbons (Fsp3) is 0.875. The summed E-state index contributed by atoms with van der Waals surface area (Å²) >= 11 is 0. The van der Waals surface area contributed by atoms with E-state index in [1.54, 1.807) is 19.8 Å². The van der Waals surface area contributed by atoms with Gasteiger partial charge >= 0.3 is 0 Å². The van der Waals surface area contributed by atoms with E-state index < -0.39 is 30.6 Å². The highest BCUT2D eigenvalue weighted by molar-refractivity contribution is 6.70. The molecule has 4 aliphatic carbocycles. The molecular formula is C32H60N2O5Si3. The van der Waals surface area contributed by atoms with E-state index in [1.807, 2.05) is 0 Å². The van der Waals surface area contributed by atoms with Crippen molar-refractivity contribution in [2.24, 2.45) is 38.9 Å². The second kappa shape index (κ2) is 11.9. The minimum atomic E-state index is -2.00. The number of allylic oxidation sites excluding steroid dienone is 2. The Morgan fingerprint density at radius 1 is 0.881 bits per heavy atom. The monoisotopic (exact) mass is 636 g/mol. The molecule has 0 saturated heterocycles. The minimum absolute atomic E-state index is 0.108. The van der Waals surface area contributed by atoms with Crippen molar-refractivity contribution in [1.82, 2.24) is 0 Å². The van der Waals surface area contributed by atoms with E-state index in [2.05, 4.69) is 84.0 Å². The maximum Gasteiger partial charge on any atom is 0.185 e. The Labute approximate surface area is 259 Å². The van der Waals surface area contributed by atoms with Crippen LogP contribution in [0, 0.1) is 28.6 Å². The highest BCUT2D eigenvalue weighted by Crippen LogP contribution is 2.69. The van der Waals surface area contributed by atoms with Crippen LogP contribution >= 0.6 is 0 Å². The van der Waals surface area contributed by atoms with Crippen LogP contribution in [0.5, 0.6) is 0 Å². The average Bonchev–Trinajstić information content (AvgIpc) is 3.11. The molecule has 0 aliphatic heterocycles. The van der Waals surface area contributed by atoms with Crippen LogP contribution in [0.3, 0.4) is 0 Å². The van der Waals surface area contributed by atoms with E-state index >= 15 is 0 Å². The lowest BCUT2D eigenvalue weighted by Crippen LogP contribution is -2.65. The lowest BCUT2D eigenvalue weighted by molar-refractivity contribution is -0.142. The fourth-order valence-electron chi connectivity index (χ4n) is 9.24. The fourth-order valence-corrected chi connectivity index (χ4v) is 12.4. The largest absolute Gasteiger partial charge is 0.414 e. The molecule has 4 aliphatic rings. The van der Waals surface area contributed by atoms with Gasteiger partial charge in [0.25, 0.3) is 0 Å². The molecule has 240 valence electrons. The minimum Gasteiger partial charge on any atom is -0.414 e. The molecule has 7 atom stereocenters. The van der Waals surface area contributed by atoms with E-state index in [4.69, 9.17) is 28.1 Å². The summed E-state index contributed by atoms with van der Waals surface area (Å²) in [6, 6.07) is 0. The third-order valence-electron chi connectivity index (χ3n) is 10.5. The molecule has 0 amide bonds. The summed E-state index contributed by atoms with van der Waals surface area (Å²) in [4.78, 5) is 10.8. The molecule has 42 heavy (non-hydrogen) atoms. The second-order valence-corrected chi connectivity index (χ2v) is 30.2. The third kappa shape index (κ3) is 6.59. The smallest absolute Gasteiger partial charge is 0.185 e. The molecule has 0 radical (unpaired) electrons. The highest BCUT2D eigenvalue weighted by atomic mass is 28.4. The second-order valence-electron chi connectivity index (χ2n) is 16.8. The van der Waals surface area contributed by atoms with E-state index in [-0.39, 0.29) is 16.9 Å². The summed E-state index contributed by atoms with van der Waals surface area (Å²) in [6.45, 7) is 26.2. The van der Waals surface area contributed by atoms with Crippen LogP contribution in [0.4, 0.5) is 0 Å².